The maximum atomic E-state index is 12.5. The lowest BCUT2D eigenvalue weighted by Crippen LogP contribution is -2.19. The highest BCUT2D eigenvalue weighted by Gasteiger charge is 2.25. The summed E-state index contributed by atoms with van der Waals surface area (Å²) in [4.78, 5) is 34.2. The third-order valence-electron chi connectivity index (χ3n) is 4.60. The van der Waals surface area contributed by atoms with Gasteiger partial charge in [-0.1, -0.05) is 11.8 Å². The SMILES string of the molecule is Cc1cc(C)n2nc(SCC(=O)Nc3sc4c(c3C(N)=O)CCCC4)nc2n1. The van der Waals surface area contributed by atoms with Gasteiger partial charge in [-0.15, -0.1) is 16.4 Å². The minimum Gasteiger partial charge on any atom is -0.365 e. The van der Waals surface area contributed by atoms with Crippen molar-refractivity contribution in [3.05, 3.63) is 33.5 Å². The summed E-state index contributed by atoms with van der Waals surface area (Å²) in [6.45, 7) is 3.83. The molecule has 1 aliphatic carbocycles. The van der Waals surface area contributed by atoms with Gasteiger partial charge in [-0.25, -0.2) is 9.50 Å². The van der Waals surface area contributed by atoms with Crippen molar-refractivity contribution in [3.8, 4) is 0 Å². The molecule has 0 atom stereocenters. The molecule has 8 nitrogen and oxygen atoms in total. The first kappa shape index (κ1) is 18.9. The molecule has 0 bridgehead atoms. The molecule has 3 N–H and O–H groups in total. The van der Waals surface area contributed by atoms with Crippen LogP contribution in [-0.4, -0.2) is 37.1 Å². The molecule has 146 valence electrons. The fourth-order valence-corrected chi connectivity index (χ4v) is 5.35. The molecule has 0 spiro atoms. The number of hydrogen-bond donors (Lipinski definition) is 2. The molecule has 10 heteroatoms. The number of carbonyl (C=O) groups is 2. The standard InChI is InChI=1S/C18H20N6O2S2/c1-9-7-10(2)24-17(20-9)22-18(23-24)27-8-13(25)21-16-14(15(19)26)11-5-3-4-6-12(11)28-16/h7H,3-6,8H2,1-2H3,(H2,19,26)(H,21,25). The summed E-state index contributed by atoms with van der Waals surface area (Å²) in [5, 5.41) is 8.28. The van der Waals surface area contributed by atoms with Gasteiger partial charge in [0.05, 0.1) is 11.3 Å². The van der Waals surface area contributed by atoms with E-state index < -0.39 is 5.91 Å². The Labute approximate surface area is 169 Å². The molecule has 28 heavy (non-hydrogen) atoms. The zero-order valence-corrected chi connectivity index (χ0v) is 17.2. The Morgan fingerprint density at radius 1 is 1.29 bits per heavy atom. The molecule has 2 amide bonds. The van der Waals surface area contributed by atoms with E-state index in [1.54, 1.807) is 4.52 Å². The maximum Gasteiger partial charge on any atom is 0.253 e. The van der Waals surface area contributed by atoms with E-state index >= 15 is 0 Å². The predicted molar refractivity (Wildman–Crippen MR) is 109 cm³/mol. The van der Waals surface area contributed by atoms with E-state index in [0.717, 1.165) is 47.5 Å². The molecule has 0 aromatic carbocycles. The fourth-order valence-electron chi connectivity index (χ4n) is 3.42. The van der Waals surface area contributed by atoms with Crippen LogP contribution in [0.1, 0.15) is 45.0 Å². The quantitative estimate of drug-likeness (QED) is 0.618. The summed E-state index contributed by atoms with van der Waals surface area (Å²) in [7, 11) is 0. The normalized spacial score (nSPS) is 13.5. The second kappa shape index (κ2) is 7.51. The van der Waals surface area contributed by atoms with Crippen LogP contribution in [0.5, 0.6) is 0 Å². The number of nitrogens with one attached hydrogen (secondary N) is 1. The number of carbonyl (C=O) groups excluding carboxylic acids is 2. The summed E-state index contributed by atoms with van der Waals surface area (Å²) in [5.41, 5.74) is 8.85. The van der Waals surface area contributed by atoms with Crippen molar-refractivity contribution in [1.82, 2.24) is 19.6 Å². The highest BCUT2D eigenvalue weighted by molar-refractivity contribution is 7.99. The summed E-state index contributed by atoms with van der Waals surface area (Å²) < 4.78 is 1.66. The number of fused-ring (bicyclic) bond motifs is 2. The van der Waals surface area contributed by atoms with Crippen LogP contribution in [0.2, 0.25) is 0 Å². The topological polar surface area (TPSA) is 115 Å². The molecule has 0 unspecified atom stereocenters. The highest BCUT2D eigenvalue weighted by Crippen LogP contribution is 2.38. The molecule has 0 saturated heterocycles. The minimum atomic E-state index is -0.485. The van der Waals surface area contributed by atoms with Crippen molar-refractivity contribution >= 4 is 45.7 Å². The zero-order valence-electron chi connectivity index (χ0n) is 15.6. The molecule has 3 aromatic heterocycles. The van der Waals surface area contributed by atoms with Crippen molar-refractivity contribution in [2.75, 3.05) is 11.1 Å². The number of nitrogens with zero attached hydrogens (tertiary/aromatic N) is 4. The molecule has 3 heterocycles. The average molecular weight is 417 g/mol. The summed E-state index contributed by atoms with van der Waals surface area (Å²) in [6.07, 6.45) is 3.91. The Morgan fingerprint density at radius 2 is 2.07 bits per heavy atom. The van der Waals surface area contributed by atoms with E-state index in [2.05, 4.69) is 20.4 Å². The first-order chi connectivity index (χ1) is 13.4. The average Bonchev–Trinajstić information content (AvgIpc) is 3.20. The molecule has 0 fully saturated rings. The Morgan fingerprint density at radius 3 is 2.86 bits per heavy atom. The van der Waals surface area contributed by atoms with Gasteiger partial charge in [-0.3, -0.25) is 9.59 Å². The van der Waals surface area contributed by atoms with Crippen LogP contribution in [0.15, 0.2) is 11.2 Å². The van der Waals surface area contributed by atoms with Gasteiger partial charge in [0.25, 0.3) is 11.7 Å². The molecule has 3 aromatic rings. The lowest BCUT2D eigenvalue weighted by atomic mass is 9.95. The number of hydrogen-bond acceptors (Lipinski definition) is 7. The minimum absolute atomic E-state index is 0.135. The van der Waals surface area contributed by atoms with Crippen LogP contribution in [0, 0.1) is 13.8 Å². The number of thiophene rings is 1. The van der Waals surface area contributed by atoms with Gasteiger partial charge < -0.3 is 11.1 Å². The first-order valence-electron chi connectivity index (χ1n) is 9.00. The molecular formula is C18H20N6O2S2. The van der Waals surface area contributed by atoms with Gasteiger partial charge in [0.2, 0.25) is 11.1 Å². The van der Waals surface area contributed by atoms with Crippen LogP contribution in [0.4, 0.5) is 5.00 Å². The van der Waals surface area contributed by atoms with E-state index in [9.17, 15) is 9.59 Å². The predicted octanol–water partition coefficient (Wildman–Crippen LogP) is 2.51. The van der Waals surface area contributed by atoms with Crippen molar-refractivity contribution in [1.29, 1.82) is 0 Å². The van der Waals surface area contributed by atoms with Crippen LogP contribution in [0.3, 0.4) is 0 Å². The molecule has 0 aliphatic heterocycles. The number of amides is 2. The Hall–Kier alpha value is -2.46. The summed E-state index contributed by atoms with van der Waals surface area (Å²) >= 11 is 2.69. The zero-order chi connectivity index (χ0) is 19.8. The number of primary amides is 1. The second-order valence-corrected chi connectivity index (χ2v) is 8.81. The van der Waals surface area contributed by atoms with E-state index in [1.165, 1.54) is 23.1 Å². The van der Waals surface area contributed by atoms with Crippen LogP contribution in [-0.2, 0) is 17.6 Å². The van der Waals surface area contributed by atoms with Gasteiger partial charge in [-0.2, -0.15) is 4.98 Å². The number of thioether (sulfide) groups is 1. The van der Waals surface area contributed by atoms with E-state index in [-0.39, 0.29) is 11.7 Å². The Balaban J connectivity index is 1.47. The molecule has 1 aliphatic rings. The van der Waals surface area contributed by atoms with E-state index in [4.69, 9.17) is 5.73 Å². The summed E-state index contributed by atoms with van der Waals surface area (Å²) in [6, 6.07) is 1.92. The van der Waals surface area contributed by atoms with Crippen molar-refractivity contribution in [3.63, 3.8) is 0 Å². The van der Waals surface area contributed by atoms with Crippen LogP contribution >= 0.6 is 23.1 Å². The largest absolute Gasteiger partial charge is 0.365 e. The monoisotopic (exact) mass is 416 g/mol. The number of anilines is 1. The Kier molecular flexibility index (Phi) is 5.07. The smallest absolute Gasteiger partial charge is 0.253 e. The van der Waals surface area contributed by atoms with Gasteiger partial charge >= 0.3 is 0 Å². The van der Waals surface area contributed by atoms with Gasteiger partial charge in [0.1, 0.15) is 5.00 Å². The number of nitrogens with two attached hydrogens (primary N) is 1. The van der Waals surface area contributed by atoms with E-state index in [1.807, 2.05) is 19.9 Å². The lowest BCUT2D eigenvalue weighted by Gasteiger charge is -2.11. The van der Waals surface area contributed by atoms with Gasteiger partial charge in [0, 0.05) is 16.3 Å². The maximum absolute atomic E-state index is 12.5. The van der Waals surface area contributed by atoms with Gasteiger partial charge in [-0.05, 0) is 51.2 Å². The third-order valence-corrected chi connectivity index (χ3v) is 6.65. The van der Waals surface area contributed by atoms with Crippen molar-refractivity contribution in [2.45, 2.75) is 44.7 Å². The number of aryl methyl sites for hydroxylation is 3. The fraction of sp³-hybridized carbons (Fsp3) is 0.389. The first-order valence-corrected chi connectivity index (χ1v) is 10.8. The van der Waals surface area contributed by atoms with Crippen LogP contribution in [0.25, 0.3) is 5.78 Å². The van der Waals surface area contributed by atoms with Gasteiger partial charge in [0.15, 0.2) is 0 Å². The third kappa shape index (κ3) is 3.61. The molecular weight excluding hydrogens is 396 g/mol. The van der Waals surface area contributed by atoms with Crippen molar-refractivity contribution < 1.29 is 9.59 Å². The molecule has 4 rings (SSSR count). The van der Waals surface area contributed by atoms with Crippen molar-refractivity contribution in [2.24, 2.45) is 5.73 Å². The second-order valence-electron chi connectivity index (χ2n) is 6.76. The number of rotatable bonds is 5. The lowest BCUT2D eigenvalue weighted by molar-refractivity contribution is -0.113. The summed E-state index contributed by atoms with van der Waals surface area (Å²) in [5.74, 6) is -0.0511. The van der Waals surface area contributed by atoms with Crippen LogP contribution < -0.4 is 11.1 Å². The Bertz CT molecular complexity index is 1090. The highest BCUT2D eigenvalue weighted by atomic mass is 32.2. The molecule has 0 saturated carbocycles. The number of aromatic nitrogens is 4. The molecule has 0 radical (unpaired) electrons. The van der Waals surface area contributed by atoms with E-state index in [0.29, 0.717) is 21.5 Å².